The Morgan fingerprint density at radius 3 is 2.60 bits per heavy atom. The van der Waals surface area contributed by atoms with E-state index >= 15 is 0 Å². The van der Waals surface area contributed by atoms with Gasteiger partial charge in [-0.1, -0.05) is 18.2 Å². The monoisotopic (exact) mass is 460 g/mol. The highest BCUT2D eigenvalue weighted by Gasteiger charge is 2.23. The largest absolute Gasteiger partial charge is 0.494 e. The van der Waals surface area contributed by atoms with Gasteiger partial charge >= 0.3 is 0 Å². The lowest BCUT2D eigenvalue weighted by molar-refractivity contribution is 0.386. The van der Waals surface area contributed by atoms with Gasteiger partial charge in [0.25, 0.3) is 10.0 Å². The van der Waals surface area contributed by atoms with Gasteiger partial charge in [0.05, 0.1) is 22.6 Å². The maximum absolute atomic E-state index is 14.3. The number of rotatable bonds is 7. The van der Waals surface area contributed by atoms with E-state index in [9.17, 15) is 12.8 Å². The summed E-state index contributed by atoms with van der Waals surface area (Å²) in [5, 5.41) is 3.96. The number of ether oxygens (including phenoxy) is 1. The van der Waals surface area contributed by atoms with Gasteiger partial charge in [0.2, 0.25) is 0 Å². The second-order valence-corrected chi connectivity index (χ2v) is 9.73. The molecule has 5 nitrogen and oxygen atoms in total. The van der Waals surface area contributed by atoms with E-state index in [1.807, 2.05) is 16.8 Å². The topological polar surface area (TPSA) is 68.3 Å². The lowest BCUT2D eigenvalue weighted by atomic mass is 10.1. The number of hydrogen-bond donors (Lipinski definition) is 1. The number of thiophene rings is 1. The lowest BCUT2D eigenvalue weighted by Crippen LogP contribution is -2.14. The van der Waals surface area contributed by atoms with Gasteiger partial charge in [0.1, 0.15) is 5.69 Å². The summed E-state index contributed by atoms with van der Waals surface area (Å²) >= 11 is 2.76. The summed E-state index contributed by atoms with van der Waals surface area (Å²) < 4.78 is 52.4. The molecule has 9 heteroatoms. The van der Waals surface area contributed by atoms with E-state index in [1.165, 1.54) is 42.9 Å². The zero-order chi connectivity index (χ0) is 21.1. The molecule has 2 aromatic heterocycles. The van der Waals surface area contributed by atoms with E-state index in [0.717, 1.165) is 10.4 Å². The van der Waals surface area contributed by atoms with Crippen LogP contribution in [0.3, 0.4) is 0 Å². The molecule has 0 bridgehead atoms. The second kappa shape index (κ2) is 8.55. The van der Waals surface area contributed by atoms with Crippen LogP contribution in [-0.4, -0.2) is 19.9 Å². The molecule has 4 aromatic rings. The number of halogens is 1. The van der Waals surface area contributed by atoms with E-state index in [-0.39, 0.29) is 10.6 Å². The Morgan fingerprint density at radius 1 is 1.13 bits per heavy atom. The van der Waals surface area contributed by atoms with Crippen LogP contribution in [0, 0.1) is 5.82 Å². The van der Waals surface area contributed by atoms with Gasteiger partial charge in [-0.2, -0.15) is 15.7 Å². The molecular formula is C21H17FN2O3S3. The maximum Gasteiger partial charge on any atom is 0.261 e. The molecule has 0 atom stereocenters. The number of hydrogen-bond acceptors (Lipinski definition) is 6. The SMILES string of the molecule is COc1ccc(-c2nsc(Cc3ccsc3)c2NS(=O)(=O)c2ccccc2)cc1F. The first kappa shape index (κ1) is 20.5. The Labute approximate surface area is 182 Å². The van der Waals surface area contributed by atoms with Gasteiger partial charge in [-0.3, -0.25) is 4.72 Å². The van der Waals surface area contributed by atoms with E-state index in [4.69, 9.17) is 4.74 Å². The van der Waals surface area contributed by atoms with Crippen molar-refractivity contribution < 1.29 is 17.5 Å². The highest BCUT2D eigenvalue weighted by atomic mass is 32.2. The zero-order valence-corrected chi connectivity index (χ0v) is 18.3. The molecule has 2 heterocycles. The first-order chi connectivity index (χ1) is 14.5. The molecule has 1 N–H and O–H groups in total. The Kier molecular flexibility index (Phi) is 5.85. The Morgan fingerprint density at radius 2 is 1.93 bits per heavy atom. The van der Waals surface area contributed by atoms with Gasteiger partial charge in [-0.05, 0) is 64.3 Å². The molecule has 0 aliphatic heterocycles. The number of aromatic nitrogens is 1. The fourth-order valence-corrected chi connectivity index (χ4v) is 5.66. The average molecular weight is 461 g/mol. The standard InChI is InChI=1S/C21H17FN2O3S3/c1-27-18-8-7-15(12-17(18)22)20-21(19(29-23-20)11-14-9-10-28-13-14)24-30(25,26)16-5-3-2-4-6-16/h2-10,12-13,24H,11H2,1H3. The van der Waals surface area contributed by atoms with Crippen molar-refractivity contribution >= 4 is 38.6 Å². The van der Waals surface area contributed by atoms with Crippen molar-refractivity contribution in [3.05, 3.63) is 81.6 Å². The summed E-state index contributed by atoms with van der Waals surface area (Å²) in [5.41, 5.74) is 2.26. The van der Waals surface area contributed by atoms with Crippen LogP contribution >= 0.6 is 22.9 Å². The van der Waals surface area contributed by atoms with Crippen LogP contribution in [0.2, 0.25) is 0 Å². The molecule has 0 saturated heterocycles. The molecule has 0 radical (unpaired) electrons. The Bertz CT molecular complexity index is 1250. The van der Waals surface area contributed by atoms with Crippen molar-refractivity contribution in [2.24, 2.45) is 0 Å². The van der Waals surface area contributed by atoms with Gasteiger partial charge in [-0.15, -0.1) is 0 Å². The zero-order valence-electron chi connectivity index (χ0n) is 15.8. The molecule has 0 fully saturated rings. The number of anilines is 1. The van der Waals surface area contributed by atoms with Crippen molar-refractivity contribution in [3.8, 4) is 17.0 Å². The molecule has 0 aliphatic carbocycles. The summed E-state index contributed by atoms with van der Waals surface area (Å²) in [6.45, 7) is 0. The quantitative estimate of drug-likeness (QED) is 0.400. The summed E-state index contributed by atoms with van der Waals surface area (Å²) in [5.74, 6) is -0.432. The van der Waals surface area contributed by atoms with Crippen molar-refractivity contribution in [2.45, 2.75) is 11.3 Å². The third-order valence-electron chi connectivity index (χ3n) is 4.42. The summed E-state index contributed by atoms with van der Waals surface area (Å²) in [4.78, 5) is 0.892. The molecule has 0 unspecified atom stereocenters. The van der Waals surface area contributed by atoms with Crippen LogP contribution in [0.25, 0.3) is 11.3 Å². The van der Waals surface area contributed by atoms with Crippen LogP contribution < -0.4 is 9.46 Å². The fraction of sp³-hybridized carbons (Fsp3) is 0.0952. The van der Waals surface area contributed by atoms with Crippen molar-refractivity contribution in [1.82, 2.24) is 4.37 Å². The first-order valence-electron chi connectivity index (χ1n) is 8.89. The van der Waals surface area contributed by atoms with Crippen LogP contribution in [0.5, 0.6) is 5.75 Å². The molecule has 30 heavy (non-hydrogen) atoms. The van der Waals surface area contributed by atoms with Crippen molar-refractivity contribution in [3.63, 3.8) is 0 Å². The molecule has 154 valence electrons. The summed E-state index contributed by atoms with van der Waals surface area (Å²) in [7, 11) is -2.45. The van der Waals surface area contributed by atoms with E-state index in [1.54, 1.807) is 35.6 Å². The lowest BCUT2D eigenvalue weighted by Gasteiger charge is -2.11. The smallest absolute Gasteiger partial charge is 0.261 e. The van der Waals surface area contributed by atoms with Gasteiger partial charge in [0.15, 0.2) is 11.6 Å². The third-order valence-corrected chi connectivity index (χ3v) is 7.36. The first-order valence-corrected chi connectivity index (χ1v) is 12.1. The van der Waals surface area contributed by atoms with Crippen LogP contribution in [0.1, 0.15) is 10.4 Å². The molecule has 4 rings (SSSR count). The highest BCUT2D eigenvalue weighted by Crippen LogP contribution is 2.37. The normalized spacial score (nSPS) is 11.4. The minimum atomic E-state index is -3.84. The van der Waals surface area contributed by atoms with Gasteiger partial charge in [-0.25, -0.2) is 12.8 Å². The van der Waals surface area contributed by atoms with Gasteiger partial charge in [0, 0.05) is 12.0 Å². The molecule has 0 amide bonds. The molecule has 0 aliphatic rings. The van der Waals surface area contributed by atoms with E-state index in [2.05, 4.69) is 9.10 Å². The summed E-state index contributed by atoms with van der Waals surface area (Å²) in [6.07, 6.45) is 0.520. The maximum atomic E-state index is 14.3. The molecule has 0 saturated carbocycles. The van der Waals surface area contributed by atoms with Crippen molar-refractivity contribution in [2.75, 3.05) is 11.8 Å². The minimum Gasteiger partial charge on any atom is -0.494 e. The second-order valence-electron chi connectivity index (χ2n) is 6.41. The summed E-state index contributed by atoms with van der Waals surface area (Å²) in [6, 6.07) is 14.5. The number of benzene rings is 2. The average Bonchev–Trinajstić information content (AvgIpc) is 3.39. The van der Waals surface area contributed by atoms with E-state index < -0.39 is 15.8 Å². The number of nitrogens with one attached hydrogen (secondary N) is 1. The van der Waals surface area contributed by atoms with Crippen molar-refractivity contribution in [1.29, 1.82) is 0 Å². The number of methoxy groups -OCH3 is 1. The van der Waals surface area contributed by atoms with Gasteiger partial charge < -0.3 is 4.74 Å². The number of nitrogens with zero attached hydrogens (tertiary/aromatic N) is 1. The van der Waals surface area contributed by atoms with Crippen LogP contribution in [0.4, 0.5) is 10.1 Å². The number of sulfonamides is 1. The van der Waals surface area contributed by atoms with Crippen LogP contribution in [-0.2, 0) is 16.4 Å². The molecule has 0 spiro atoms. The molecule has 2 aromatic carbocycles. The van der Waals surface area contributed by atoms with E-state index in [0.29, 0.717) is 23.4 Å². The predicted molar refractivity (Wildman–Crippen MR) is 118 cm³/mol. The third kappa shape index (κ3) is 4.23. The molecular weight excluding hydrogens is 443 g/mol. The highest BCUT2D eigenvalue weighted by molar-refractivity contribution is 7.92. The fourth-order valence-electron chi connectivity index (χ4n) is 2.93. The Balaban J connectivity index is 1.79. The van der Waals surface area contributed by atoms with Crippen LogP contribution in [0.15, 0.2) is 70.3 Å². The minimum absolute atomic E-state index is 0.110. The Hall–Kier alpha value is -2.75. The predicted octanol–water partition coefficient (Wildman–Crippen LogP) is 5.41.